The van der Waals surface area contributed by atoms with Crippen molar-refractivity contribution in [1.29, 1.82) is 0 Å². The van der Waals surface area contributed by atoms with Crippen molar-refractivity contribution >= 4 is 167 Å². The van der Waals surface area contributed by atoms with Gasteiger partial charge < -0.3 is 0 Å². The van der Waals surface area contributed by atoms with Gasteiger partial charge in [0, 0.05) is 23.8 Å². The Bertz CT molecular complexity index is 1860. The minimum atomic E-state index is -0.0957. The molecule has 0 radical (unpaired) electrons. The summed E-state index contributed by atoms with van der Waals surface area (Å²) >= 11 is 20.3. The molecule has 0 aliphatic rings. The monoisotopic (exact) mass is 2020 g/mol. The zero-order chi connectivity index (χ0) is 60.7. The topological polar surface area (TPSA) is 0 Å². The summed E-state index contributed by atoms with van der Waals surface area (Å²) < 4.78 is 8.38. The molecule has 0 fully saturated rings. The third-order valence-corrected chi connectivity index (χ3v) is 27.2. The molecule has 0 atom stereocenters. The van der Waals surface area contributed by atoms with Crippen LogP contribution in [-0.2, 0) is 119 Å². The Morgan fingerprint density at radius 1 is 0.163 bits per heavy atom. The van der Waals surface area contributed by atoms with Crippen LogP contribution in [0.4, 0.5) is 0 Å². The maximum absolute atomic E-state index is 2.90. The molecule has 17 heteroatoms. The molecule has 86 heavy (non-hydrogen) atoms. The first kappa shape index (κ1) is 111. The van der Waals surface area contributed by atoms with Crippen LogP contribution in [0.15, 0.2) is 212 Å². The summed E-state index contributed by atoms with van der Waals surface area (Å²) in [5.74, 6) is 0. The first-order valence-corrected chi connectivity index (χ1v) is 39.0. The quantitative estimate of drug-likeness (QED) is 0.0998. The second-order valence-corrected chi connectivity index (χ2v) is 41.4. The third-order valence-electron chi connectivity index (χ3n) is 11.2. The molecule has 0 aliphatic heterocycles. The van der Waals surface area contributed by atoms with Crippen LogP contribution in [0.5, 0.6) is 0 Å². The molecule has 0 saturated carbocycles. The van der Waals surface area contributed by atoms with Crippen molar-refractivity contribution in [2.45, 2.75) is 176 Å². The predicted molar refractivity (Wildman–Crippen MR) is 384 cm³/mol. The average molecular weight is 2020 g/mol. The molecular formula is C69H101Cu7P3Se7+3. The summed E-state index contributed by atoms with van der Waals surface area (Å²) in [6, 6.07) is 70.5. The average Bonchev–Trinajstić information content (AvgIpc) is 3.37. The zero-order valence-electron chi connectivity index (χ0n) is 53.4. The van der Waals surface area contributed by atoms with Crippen molar-refractivity contribution in [1.82, 2.24) is 0 Å². The fourth-order valence-electron chi connectivity index (χ4n) is 8.94. The molecule has 0 heterocycles. The van der Waals surface area contributed by atoms with E-state index in [1.807, 2.05) is 212 Å². The zero-order valence-corrected chi connectivity index (χ0v) is 75.0. The minimum absolute atomic E-state index is 0. The summed E-state index contributed by atoms with van der Waals surface area (Å²) in [5, 5.41) is 0. The van der Waals surface area contributed by atoms with Gasteiger partial charge in [-0.25, -0.2) is 0 Å². The second kappa shape index (κ2) is 73.9. The van der Waals surface area contributed by atoms with Crippen LogP contribution in [0.1, 0.15) is 125 Å². The first-order chi connectivity index (χ1) is 37.1. The Morgan fingerprint density at radius 3 is 0.256 bits per heavy atom. The number of hydrogen-bond acceptors (Lipinski definition) is 0. The molecule has 0 bridgehead atoms. The molecule has 0 amide bonds. The van der Waals surface area contributed by atoms with Gasteiger partial charge in [0.15, 0.2) is 0 Å². The molecule has 0 aromatic heterocycles. The van der Waals surface area contributed by atoms with E-state index in [4.69, 9.17) is 0 Å². The van der Waals surface area contributed by atoms with E-state index in [0.717, 1.165) is 50.9 Å². The Hall–Kier alpha value is 3.10. The first-order valence-electron chi connectivity index (χ1n) is 27.8. The van der Waals surface area contributed by atoms with Gasteiger partial charge in [0.05, 0.1) is 50.9 Å². The molecule has 0 N–H and O–H groups in total. The second-order valence-electron chi connectivity index (χ2n) is 21.1. The van der Waals surface area contributed by atoms with Crippen LogP contribution < -0.4 is 31.2 Å². The van der Waals surface area contributed by atoms with E-state index < -0.39 is 0 Å². The third kappa shape index (κ3) is 71.4. The van der Waals surface area contributed by atoms with Gasteiger partial charge >= 0.3 is 475 Å². The fraction of sp³-hybridized carbons (Fsp3) is 0.391. The fourth-order valence-corrected chi connectivity index (χ4v) is 23.3. The molecule has 0 spiro atoms. The van der Waals surface area contributed by atoms with Crippen LogP contribution in [-0.4, -0.2) is 163 Å². The van der Waals surface area contributed by atoms with Crippen molar-refractivity contribution in [2.75, 3.05) is 0 Å². The summed E-state index contributed by atoms with van der Waals surface area (Å²) in [7, 11) is -0.287. The molecule has 0 aliphatic carbocycles. The van der Waals surface area contributed by atoms with E-state index >= 15 is 0 Å². The molecule has 0 saturated heterocycles. The van der Waals surface area contributed by atoms with Crippen LogP contribution in [0.3, 0.4) is 0 Å². The van der Waals surface area contributed by atoms with Gasteiger partial charge in [0.25, 0.3) is 0 Å². The molecule has 0 unspecified atom stereocenters. The van der Waals surface area contributed by atoms with Gasteiger partial charge in [-0.2, -0.15) is 0 Å². The van der Waals surface area contributed by atoms with Crippen molar-refractivity contribution in [3.63, 3.8) is 0 Å². The number of hydrogen-bond donors (Lipinski definition) is 0. The Kier molecular flexibility index (Phi) is 95.0. The van der Waals surface area contributed by atoms with Gasteiger partial charge in [-0.1, -0.05) is 0 Å². The van der Waals surface area contributed by atoms with Crippen LogP contribution >= 0.6 is 23.8 Å². The summed E-state index contributed by atoms with van der Waals surface area (Å²) in [6.45, 7) is 42.6. The molecule has 508 valence electrons. The van der Waals surface area contributed by atoms with E-state index in [1.165, 1.54) is 31.2 Å². The molecule has 7 aromatic rings. The molecule has 7 rings (SSSR count). The van der Waals surface area contributed by atoms with E-state index in [9.17, 15) is 0 Å². The Labute approximate surface area is 665 Å². The van der Waals surface area contributed by atoms with Crippen molar-refractivity contribution < 1.29 is 119 Å². The Morgan fingerprint density at radius 2 is 0.233 bits per heavy atom. The normalized spacial score (nSPS) is 9.28. The standard InChI is InChI=1S/3C9H21P.7C6H6Se.7Cu/c3*1-7(2)10(8(3)4)9(5)6;7*7-6-4-2-1-3-5-6;;;;;;;/h3*7-9H,1-6H3;7*1-5,7H;;;;;;;/q;;;;;;;;;;7*+1/p-4. The van der Waals surface area contributed by atoms with E-state index in [0.29, 0.717) is 0 Å². The van der Waals surface area contributed by atoms with Crippen molar-refractivity contribution in [3.05, 3.63) is 212 Å². The predicted octanol–water partition coefficient (Wildman–Crippen LogP) is 13.6. The molecular weight excluding hydrogens is 1920 g/mol. The van der Waals surface area contributed by atoms with Crippen LogP contribution in [0.25, 0.3) is 0 Å². The summed E-state index contributed by atoms with van der Waals surface area (Å²) in [5.41, 5.74) is 8.42. The molecule has 0 nitrogen and oxygen atoms in total. The van der Waals surface area contributed by atoms with Crippen molar-refractivity contribution in [2.24, 2.45) is 0 Å². The van der Waals surface area contributed by atoms with Crippen LogP contribution in [0, 0.1) is 0 Å². The van der Waals surface area contributed by atoms with Gasteiger partial charge in [0.2, 0.25) is 0 Å². The van der Waals surface area contributed by atoms with E-state index in [-0.39, 0.29) is 143 Å². The van der Waals surface area contributed by atoms with Crippen LogP contribution in [0.2, 0.25) is 0 Å². The number of benzene rings is 7. The van der Waals surface area contributed by atoms with E-state index in [2.05, 4.69) is 237 Å². The van der Waals surface area contributed by atoms with Gasteiger partial charge in [-0.15, -0.1) is 0 Å². The maximum atomic E-state index is 2.90. The summed E-state index contributed by atoms with van der Waals surface area (Å²) in [6.07, 6.45) is 0. The van der Waals surface area contributed by atoms with Gasteiger partial charge in [-0.05, 0) is 125 Å². The van der Waals surface area contributed by atoms with E-state index in [1.54, 1.807) is 0 Å². The number of rotatable bonds is 9. The molecule has 7 aromatic carbocycles. The van der Waals surface area contributed by atoms with Crippen molar-refractivity contribution in [3.8, 4) is 0 Å². The summed E-state index contributed by atoms with van der Waals surface area (Å²) in [4.78, 5) is 0. The van der Waals surface area contributed by atoms with Gasteiger partial charge in [-0.3, -0.25) is 0 Å². The Balaban J connectivity index is -0.0000000927. The van der Waals surface area contributed by atoms with Gasteiger partial charge in [0.1, 0.15) is 0 Å². The SMILES string of the molecule is CC(C)[PH+](C(C)C)C(C)C.CC(C)[PH+](C(C)C)C(C)C.CC(C)[PH+](C(C)C)C(C)C.[Cu+].[Cu+].[Cu+].[Cu+].[Cu+].[Cu+].[Cu+].[Se-]c1ccccc1.[Se-]c1ccccc1.[Se-]c1ccccc1.[Se-]c1ccccc1.[Se-]c1ccccc1.[Se-]c1ccccc1.[Se-]c1ccccc1.